The minimum atomic E-state index is 0.0583. The van der Waals surface area contributed by atoms with Crippen molar-refractivity contribution in [1.82, 2.24) is 0 Å². The van der Waals surface area contributed by atoms with Crippen LogP contribution in [0.1, 0.15) is 49.7 Å². The van der Waals surface area contributed by atoms with Crippen LogP contribution in [0.4, 0.5) is 0 Å². The number of carbonyl (C=O) groups excluding carboxylic acids is 1. The molecule has 100 valence electrons. The Morgan fingerprint density at radius 1 is 1.05 bits per heavy atom. The molecule has 0 saturated heterocycles. The second-order valence-electron chi connectivity index (χ2n) is 5.66. The Morgan fingerprint density at radius 3 is 2.37 bits per heavy atom. The van der Waals surface area contributed by atoms with Crippen LogP contribution in [0.25, 0.3) is 5.57 Å². The van der Waals surface area contributed by atoms with E-state index in [0.717, 1.165) is 23.1 Å². The molecule has 0 aromatic heterocycles. The number of carbonyl (C=O) groups is 1. The summed E-state index contributed by atoms with van der Waals surface area (Å²) in [5.41, 5.74) is 4.33. The van der Waals surface area contributed by atoms with Gasteiger partial charge in [-0.05, 0) is 36.3 Å². The smallest absolute Gasteiger partial charge is 0.163 e. The quantitative estimate of drug-likeness (QED) is 0.899. The largest absolute Gasteiger partial charge is 0.392 e. The van der Waals surface area contributed by atoms with Crippen molar-refractivity contribution in [1.29, 1.82) is 0 Å². The molecule has 0 aliphatic heterocycles. The minimum absolute atomic E-state index is 0.0583. The lowest BCUT2D eigenvalue weighted by Crippen LogP contribution is -2.01. The lowest BCUT2D eigenvalue weighted by atomic mass is 9.91. The summed E-state index contributed by atoms with van der Waals surface area (Å²) >= 11 is 0. The van der Waals surface area contributed by atoms with Gasteiger partial charge in [0.25, 0.3) is 0 Å². The highest BCUT2D eigenvalue weighted by atomic mass is 16.3. The molecule has 19 heavy (non-hydrogen) atoms. The second-order valence-corrected chi connectivity index (χ2v) is 5.66. The third-order valence-corrected chi connectivity index (χ3v) is 4.49. The highest BCUT2D eigenvalue weighted by molar-refractivity contribution is 6.23. The Labute approximate surface area is 114 Å². The zero-order chi connectivity index (χ0) is 13.2. The summed E-state index contributed by atoms with van der Waals surface area (Å²) in [6.07, 6.45) is 6.75. The number of allylic oxidation sites excluding steroid dienone is 2. The van der Waals surface area contributed by atoms with Crippen LogP contribution in [0.3, 0.4) is 0 Å². The van der Waals surface area contributed by atoms with Crippen molar-refractivity contribution in [2.75, 3.05) is 0 Å². The van der Waals surface area contributed by atoms with Crippen molar-refractivity contribution in [2.45, 2.75) is 45.1 Å². The third kappa shape index (κ3) is 2.37. The van der Waals surface area contributed by atoms with E-state index in [4.69, 9.17) is 5.11 Å². The van der Waals surface area contributed by atoms with E-state index in [9.17, 15) is 4.79 Å². The summed E-state index contributed by atoms with van der Waals surface area (Å²) in [5.74, 6) is 0.942. The SMILES string of the molecule is O=C1CCC(C2CCCC2)=C1c1ccc(CO)cc1. The summed E-state index contributed by atoms with van der Waals surface area (Å²) in [6, 6.07) is 7.80. The molecule has 0 heterocycles. The molecule has 1 aromatic carbocycles. The molecule has 1 aromatic rings. The van der Waals surface area contributed by atoms with Crippen LogP contribution in [0.5, 0.6) is 0 Å². The normalized spacial score (nSPS) is 20.6. The lowest BCUT2D eigenvalue weighted by molar-refractivity contribution is -0.113. The Hall–Kier alpha value is -1.41. The monoisotopic (exact) mass is 256 g/mol. The van der Waals surface area contributed by atoms with Crippen molar-refractivity contribution in [2.24, 2.45) is 5.92 Å². The van der Waals surface area contributed by atoms with Gasteiger partial charge in [-0.2, -0.15) is 0 Å². The van der Waals surface area contributed by atoms with Gasteiger partial charge < -0.3 is 5.11 Å². The first-order chi connectivity index (χ1) is 9.29. The van der Waals surface area contributed by atoms with Gasteiger partial charge in [0.1, 0.15) is 0 Å². The molecule has 0 unspecified atom stereocenters. The highest BCUT2D eigenvalue weighted by Crippen LogP contribution is 2.42. The van der Waals surface area contributed by atoms with E-state index in [1.807, 2.05) is 24.3 Å². The number of rotatable bonds is 3. The lowest BCUT2D eigenvalue weighted by Gasteiger charge is -2.13. The van der Waals surface area contributed by atoms with Gasteiger partial charge in [-0.1, -0.05) is 42.7 Å². The molecule has 2 aliphatic carbocycles. The van der Waals surface area contributed by atoms with Gasteiger partial charge in [-0.15, -0.1) is 0 Å². The van der Waals surface area contributed by atoms with Gasteiger partial charge in [0.15, 0.2) is 5.78 Å². The number of aliphatic hydroxyl groups is 1. The van der Waals surface area contributed by atoms with E-state index in [1.54, 1.807) is 0 Å². The van der Waals surface area contributed by atoms with E-state index < -0.39 is 0 Å². The van der Waals surface area contributed by atoms with Gasteiger partial charge in [0.05, 0.1) is 6.61 Å². The van der Waals surface area contributed by atoms with E-state index >= 15 is 0 Å². The van der Waals surface area contributed by atoms with Crippen molar-refractivity contribution in [3.05, 3.63) is 41.0 Å². The first-order valence-corrected chi connectivity index (χ1v) is 7.26. The predicted molar refractivity (Wildman–Crippen MR) is 75.5 cm³/mol. The summed E-state index contributed by atoms with van der Waals surface area (Å²) in [4.78, 5) is 12.2. The van der Waals surface area contributed by atoms with E-state index in [2.05, 4.69) is 0 Å². The van der Waals surface area contributed by atoms with Crippen LogP contribution in [0.15, 0.2) is 29.8 Å². The van der Waals surface area contributed by atoms with Crippen molar-refractivity contribution in [3.63, 3.8) is 0 Å². The molecule has 0 atom stereocenters. The Balaban J connectivity index is 1.97. The van der Waals surface area contributed by atoms with Gasteiger partial charge in [-0.25, -0.2) is 0 Å². The van der Waals surface area contributed by atoms with Crippen LogP contribution < -0.4 is 0 Å². The molecule has 2 heteroatoms. The topological polar surface area (TPSA) is 37.3 Å². The number of Topliss-reactive ketones (excluding diaryl/α,β-unsaturated/α-hetero) is 1. The summed E-state index contributed by atoms with van der Waals surface area (Å²) < 4.78 is 0. The van der Waals surface area contributed by atoms with Crippen molar-refractivity contribution < 1.29 is 9.90 Å². The first kappa shape index (κ1) is 12.6. The number of ketones is 1. The third-order valence-electron chi connectivity index (χ3n) is 4.49. The van der Waals surface area contributed by atoms with Crippen molar-refractivity contribution in [3.8, 4) is 0 Å². The fourth-order valence-corrected chi connectivity index (χ4v) is 3.48. The fraction of sp³-hybridized carbons (Fsp3) is 0.471. The fourth-order valence-electron chi connectivity index (χ4n) is 3.48. The zero-order valence-corrected chi connectivity index (χ0v) is 11.2. The van der Waals surface area contributed by atoms with Gasteiger partial charge in [-0.3, -0.25) is 4.79 Å². The van der Waals surface area contributed by atoms with E-state index in [0.29, 0.717) is 18.1 Å². The van der Waals surface area contributed by atoms with Crippen LogP contribution in [-0.2, 0) is 11.4 Å². The standard InChI is InChI=1S/C17H20O2/c18-11-12-5-7-14(8-6-12)17-15(9-10-16(17)19)13-3-1-2-4-13/h5-8,13,18H,1-4,9-11H2. The molecular formula is C17H20O2. The van der Waals surface area contributed by atoms with Crippen LogP contribution in [0.2, 0.25) is 0 Å². The number of benzene rings is 1. The van der Waals surface area contributed by atoms with Crippen LogP contribution in [0, 0.1) is 5.92 Å². The molecule has 1 N–H and O–H groups in total. The predicted octanol–water partition coefficient (Wildman–Crippen LogP) is 3.49. The number of aliphatic hydroxyl groups excluding tert-OH is 1. The number of hydrogen-bond donors (Lipinski definition) is 1. The van der Waals surface area contributed by atoms with Gasteiger partial charge >= 0.3 is 0 Å². The average Bonchev–Trinajstić information content (AvgIpc) is 3.08. The maximum atomic E-state index is 12.2. The molecule has 0 bridgehead atoms. The molecule has 2 aliphatic rings. The molecule has 2 nitrogen and oxygen atoms in total. The molecule has 1 saturated carbocycles. The maximum absolute atomic E-state index is 12.2. The zero-order valence-electron chi connectivity index (χ0n) is 11.2. The molecule has 1 fully saturated rings. The number of hydrogen-bond acceptors (Lipinski definition) is 2. The Kier molecular flexibility index (Phi) is 3.52. The Bertz CT molecular complexity index is 505. The Morgan fingerprint density at radius 2 is 1.74 bits per heavy atom. The van der Waals surface area contributed by atoms with E-state index in [-0.39, 0.29) is 6.61 Å². The molecule has 0 radical (unpaired) electrons. The minimum Gasteiger partial charge on any atom is -0.392 e. The second kappa shape index (κ2) is 5.30. The molecule has 0 amide bonds. The summed E-state index contributed by atoms with van der Waals surface area (Å²) in [5, 5.41) is 9.09. The maximum Gasteiger partial charge on any atom is 0.163 e. The van der Waals surface area contributed by atoms with Gasteiger partial charge in [0, 0.05) is 12.0 Å². The molecule has 0 spiro atoms. The summed E-state index contributed by atoms with van der Waals surface area (Å²) in [7, 11) is 0. The van der Waals surface area contributed by atoms with E-state index in [1.165, 1.54) is 31.3 Å². The average molecular weight is 256 g/mol. The molecular weight excluding hydrogens is 236 g/mol. The van der Waals surface area contributed by atoms with Gasteiger partial charge in [0.2, 0.25) is 0 Å². The van der Waals surface area contributed by atoms with Crippen LogP contribution >= 0.6 is 0 Å². The highest BCUT2D eigenvalue weighted by Gasteiger charge is 2.30. The van der Waals surface area contributed by atoms with Crippen molar-refractivity contribution >= 4 is 11.4 Å². The molecule has 3 rings (SSSR count). The first-order valence-electron chi connectivity index (χ1n) is 7.26. The summed E-state index contributed by atoms with van der Waals surface area (Å²) in [6.45, 7) is 0.0583. The van der Waals surface area contributed by atoms with Crippen LogP contribution in [-0.4, -0.2) is 10.9 Å².